The van der Waals surface area contributed by atoms with Gasteiger partial charge in [0.1, 0.15) is 0 Å². The highest BCUT2D eigenvalue weighted by Gasteiger charge is 2.04. The molecular formula is C22H28N4O2. The number of benzene rings is 2. The highest BCUT2D eigenvalue weighted by molar-refractivity contribution is 5.80. The Morgan fingerprint density at radius 3 is 2.79 bits per heavy atom. The first-order valence-corrected chi connectivity index (χ1v) is 9.63. The van der Waals surface area contributed by atoms with Gasteiger partial charge >= 0.3 is 0 Å². The van der Waals surface area contributed by atoms with Crippen LogP contribution in [0, 0.1) is 0 Å². The number of phenolic OH excluding ortho intramolecular Hbond substituents is 1. The van der Waals surface area contributed by atoms with Gasteiger partial charge in [-0.25, -0.2) is 4.99 Å². The third-order valence-electron chi connectivity index (χ3n) is 4.56. The second-order valence-electron chi connectivity index (χ2n) is 6.55. The van der Waals surface area contributed by atoms with Gasteiger partial charge in [0.05, 0.1) is 13.7 Å². The first kappa shape index (κ1) is 19.6. The van der Waals surface area contributed by atoms with Crippen molar-refractivity contribution >= 4 is 16.9 Å². The summed E-state index contributed by atoms with van der Waals surface area (Å²) < 4.78 is 7.35. The van der Waals surface area contributed by atoms with Gasteiger partial charge in [-0.15, -0.1) is 0 Å². The fraction of sp³-hybridized carbons (Fsp3) is 0.318. The lowest BCUT2D eigenvalue weighted by molar-refractivity contribution is 0.373. The van der Waals surface area contributed by atoms with Crippen LogP contribution in [-0.2, 0) is 13.1 Å². The number of nitrogens with zero attached hydrogens (tertiary/aromatic N) is 2. The molecule has 0 saturated carbocycles. The number of aromatic hydroxyl groups is 1. The van der Waals surface area contributed by atoms with E-state index in [2.05, 4.69) is 56.7 Å². The van der Waals surface area contributed by atoms with Gasteiger partial charge in [0.2, 0.25) is 0 Å². The lowest BCUT2D eigenvalue weighted by atomic mass is 10.2. The van der Waals surface area contributed by atoms with Gasteiger partial charge in [-0.05, 0) is 48.6 Å². The Labute approximate surface area is 165 Å². The van der Waals surface area contributed by atoms with Crippen LogP contribution in [0.15, 0.2) is 59.7 Å². The SMILES string of the molecule is CCNC(=NCc1ccc(OC)c(O)c1)NCCCn1ccc2ccccc21. The van der Waals surface area contributed by atoms with Gasteiger partial charge in [-0.2, -0.15) is 0 Å². The number of phenols is 1. The van der Waals surface area contributed by atoms with E-state index in [4.69, 9.17) is 4.74 Å². The summed E-state index contributed by atoms with van der Waals surface area (Å²) >= 11 is 0. The molecule has 3 rings (SSSR count). The standard InChI is InChI=1S/C22H28N4O2/c1-3-23-22(25-16-17-9-10-21(28-2)20(27)15-17)24-12-6-13-26-14-11-18-7-4-5-8-19(18)26/h4-5,7-11,14-15,27H,3,6,12-13,16H2,1-2H3,(H2,23,24,25). The van der Waals surface area contributed by atoms with Crippen LogP contribution in [0.2, 0.25) is 0 Å². The number of ether oxygens (including phenoxy) is 1. The summed E-state index contributed by atoms with van der Waals surface area (Å²) in [6.07, 6.45) is 3.13. The summed E-state index contributed by atoms with van der Waals surface area (Å²) in [6.45, 7) is 5.10. The number of methoxy groups -OCH3 is 1. The largest absolute Gasteiger partial charge is 0.504 e. The summed E-state index contributed by atoms with van der Waals surface area (Å²) in [6, 6.07) is 15.9. The molecule has 0 aliphatic rings. The van der Waals surface area contributed by atoms with Gasteiger partial charge in [-0.3, -0.25) is 0 Å². The molecule has 6 heteroatoms. The van der Waals surface area contributed by atoms with E-state index in [-0.39, 0.29) is 5.75 Å². The molecule has 0 amide bonds. The van der Waals surface area contributed by atoms with Crippen molar-refractivity contribution in [3.8, 4) is 11.5 Å². The highest BCUT2D eigenvalue weighted by Crippen LogP contribution is 2.26. The van der Waals surface area contributed by atoms with E-state index in [9.17, 15) is 5.11 Å². The summed E-state index contributed by atoms with van der Waals surface area (Å²) in [5.74, 6) is 1.37. The smallest absolute Gasteiger partial charge is 0.191 e. The van der Waals surface area contributed by atoms with Crippen LogP contribution in [0.4, 0.5) is 0 Å². The highest BCUT2D eigenvalue weighted by atomic mass is 16.5. The minimum Gasteiger partial charge on any atom is -0.504 e. The van der Waals surface area contributed by atoms with Gasteiger partial charge in [-0.1, -0.05) is 24.3 Å². The predicted octanol–water partition coefficient (Wildman–Crippen LogP) is 3.50. The summed E-state index contributed by atoms with van der Waals surface area (Å²) in [7, 11) is 1.54. The summed E-state index contributed by atoms with van der Waals surface area (Å²) in [4.78, 5) is 4.60. The zero-order chi connectivity index (χ0) is 19.8. The molecule has 0 spiro atoms. The molecule has 3 aromatic rings. The average molecular weight is 380 g/mol. The Kier molecular flexibility index (Phi) is 6.78. The van der Waals surface area contributed by atoms with E-state index in [0.717, 1.165) is 37.6 Å². The monoisotopic (exact) mass is 380 g/mol. The van der Waals surface area contributed by atoms with Crippen molar-refractivity contribution in [2.75, 3.05) is 20.2 Å². The molecule has 2 aromatic carbocycles. The van der Waals surface area contributed by atoms with Crippen molar-refractivity contribution in [1.29, 1.82) is 0 Å². The summed E-state index contributed by atoms with van der Waals surface area (Å²) in [5, 5.41) is 17.8. The number of aryl methyl sites for hydroxylation is 1. The normalized spacial score (nSPS) is 11.6. The lowest BCUT2D eigenvalue weighted by Gasteiger charge is -2.12. The zero-order valence-electron chi connectivity index (χ0n) is 16.5. The van der Waals surface area contributed by atoms with Gasteiger partial charge in [0, 0.05) is 31.3 Å². The van der Waals surface area contributed by atoms with E-state index < -0.39 is 0 Å². The van der Waals surface area contributed by atoms with E-state index in [1.54, 1.807) is 12.1 Å². The Balaban J connectivity index is 1.52. The molecule has 1 heterocycles. The number of rotatable bonds is 8. The molecule has 148 valence electrons. The van der Waals surface area contributed by atoms with E-state index in [0.29, 0.717) is 12.3 Å². The molecule has 0 bridgehead atoms. The van der Waals surface area contributed by atoms with Crippen LogP contribution in [-0.4, -0.2) is 35.8 Å². The molecular weight excluding hydrogens is 352 g/mol. The molecule has 1 aromatic heterocycles. The van der Waals surface area contributed by atoms with Crippen molar-refractivity contribution in [3.63, 3.8) is 0 Å². The fourth-order valence-corrected chi connectivity index (χ4v) is 3.14. The van der Waals surface area contributed by atoms with Crippen molar-refractivity contribution in [2.45, 2.75) is 26.4 Å². The molecule has 0 aliphatic carbocycles. The van der Waals surface area contributed by atoms with Crippen molar-refractivity contribution < 1.29 is 9.84 Å². The number of hydrogen-bond donors (Lipinski definition) is 3. The van der Waals surface area contributed by atoms with Crippen molar-refractivity contribution in [3.05, 3.63) is 60.3 Å². The second-order valence-corrected chi connectivity index (χ2v) is 6.55. The maximum absolute atomic E-state index is 9.89. The minimum absolute atomic E-state index is 0.132. The number of fused-ring (bicyclic) bond motifs is 1. The number of aliphatic imine (C=N–C) groups is 1. The van der Waals surface area contributed by atoms with Gasteiger partial charge in [0.25, 0.3) is 0 Å². The molecule has 0 radical (unpaired) electrons. The molecule has 28 heavy (non-hydrogen) atoms. The Morgan fingerprint density at radius 1 is 1.14 bits per heavy atom. The Hall–Kier alpha value is -3.15. The first-order chi connectivity index (χ1) is 13.7. The van der Waals surface area contributed by atoms with Crippen LogP contribution in [0.25, 0.3) is 10.9 Å². The molecule has 0 saturated heterocycles. The number of para-hydroxylation sites is 1. The molecule has 0 fully saturated rings. The van der Waals surface area contributed by atoms with Gasteiger partial charge in [0.15, 0.2) is 17.5 Å². The number of guanidine groups is 1. The molecule has 3 N–H and O–H groups in total. The van der Waals surface area contributed by atoms with Crippen molar-refractivity contribution in [2.24, 2.45) is 4.99 Å². The Morgan fingerprint density at radius 2 is 2.00 bits per heavy atom. The van der Waals surface area contributed by atoms with E-state index in [1.807, 2.05) is 13.0 Å². The topological polar surface area (TPSA) is 70.8 Å². The minimum atomic E-state index is 0.132. The lowest BCUT2D eigenvalue weighted by Crippen LogP contribution is -2.38. The van der Waals surface area contributed by atoms with Gasteiger partial charge < -0.3 is 25.0 Å². The maximum atomic E-state index is 9.89. The number of hydrogen-bond acceptors (Lipinski definition) is 3. The van der Waals surface area contributed by atoms with E-state index >= 15 is 0 Å². The number of nitrogens with one attached hydrogen (secondary N) is 2. The average Bonchev–Trinajstić information content (AvgIpc) is 3.12. The third kappa shape index (κ3) is 4.97. The number of aromatic nitrogens is 1. The first-order valence-electron chi connectivity index (χ1n) is 9.63. The van der Waals surface area contributed by atoms with Crippen LogP contribution >= 0.6 is 0 Å². The Bertz CT molecular complexity index is 933. The quantitative estimate of drug-likeness (QED) is 0.318. The van der Waals surface area contributed by atoms with Crippen LogP contribution in [0.1, 0.15) is 18.9 Å². The van der Waals surface area contributed by atoms with E-state index in [1.165, 1.54) is 18.0 Å². The maximum Gasteiger partial charge on any atom is 0.191 e. The summed E-state index contributed by atoms with van der Waals surface area (Å²) in [5.41, 5.74) is 2.19. The molecule has 0 unspecified atom stereocenters. The van der Waals surface area contributed by atoms with Crippen LogP contribution < -0.4 is 15.4 Å². The molecule has 0 aliphatic heterocycles. The zero-order valence-corrected chi connectivity index (χ0v) is 16.5. The second kappa shape index (κ2) is 9.69. The predicted molar refractivity (Wildman–Crippen MR) is 114 cm³/mol. The molecule has 6 nitrogen and oxygen atoms in total. The fourth-order valence-electron chi connectivity index (χ4n) is 3.14. The van der Waals surface area contributed by atoms with Crippen LogP contribution in [0.3, 0.4) is 0 Å². The van der Waals surface area contributed by atoms with Crippen LogP contribution in [0.5, 0.6) is 11.5 Å². The van der Waals surface area contributed by atoms with Crippen molar-refractivity contribution in [1.82, 2.24) is 15.2 Å². The third-order valence-corrected chi connectivity index (χ3v) is 4.56. The molecule has 0 atom stereocenters.